The summed E-state index contributed by atoms with van der Waals surface area (Å²) in [7, 11) is 2.22. The molecule has 2 heterocycles. The predicted octanol–water partition coefficient (Wildman–Crippen LogP) is 3.24. The molecule has 7 rings (SSSR count). The highest BCUT2D eigenvalue weighted by atomic mass is 16.1. The maximum atomic E-state index is 11.7. The van der Waals surface area contributed by atoms with Crippen molar-refractivity contribution in [3.05, 3.63) is 35.9 Å². The Kier molecular flexibility index (Phi) is 3.25. The van der Waals surface area contributed by atoms with Crippen LogP contribution in [0.3, 0.4) is 0 Å². The number of nitrogens with one attached hydrogen (secondary N) is 1. The molecule has 3 nitrogen and oxygen atoms in total. The summed E-state index contributed by atoms with van der Waals surface area (Å²) in [5, 5.41) is 3.34. The Morgan fingerprint density at radius 1 is 1.15 bits per heavy atom. The molecule has 4 saturated carbocycles. The first-order chi connectivity index (χ1) is 13.1. The smallest absolute Gasteiger partial charge is 0.126 e. The normalized spacial score (nSPS) is 47.3. The minimum atomic E-state index is 0.0781. The first kappa shape index (κ1) is 16.7. The zero-order valence-electron chi connectivity index (χ0n) is 16.5. The van der Waals surface area contributed by atoms with Crippen LogP contribution in [0.4, 0.5) is 0 Å². The van der Waals surface area contributed by atoms with Crippen molar-refractivity contribution in [2.75, 3.05) is 33.2 Å². The van der Waals surface area contributed by atoms with Crippen molar-refractivity contribution >= 4 is 6.29 Å². The minimum Gasteiger partial charge on any atom is -0.315 e. The summed E-state index contributed by atoms with van der Waals surface area (Å²) in [5.41, 5.74) is 3.06. The molecule has 5 atom stereocenters. The highest BCUT2D eigenvalue weighted by Gasteiger charge is 2.87. The van der Waals surface area contributed by atoms with Crippen molar-refractivity contribution in [2.45, 2.75) is 43.9 Å². The summed E-state index contributed by atoms with van der Waals surface area (Å²) in [6.45, 7) is 5.15. The fourth-order valence-corrected chi connectivity index (χ4v) is 8.81. The van der Waals surface area contributed by atoms with Gasteiger partial charge in [-0.2, -0.15) is 0 Å². The van der Waals surface area contributed by atoms with Crippen LogP contribution in [-0.4, -0.2) is 44.4 Å². The zero-order valence-corrected chi connectivity index (χ0v) is 16.5. The second-order valence-corrected chi connectivity index (χ2v) is 10.9. The molecule has 6 aliphatic rings. The van der Waals surface area contributed by atoms with Crippen molar-refractivity contribution in [1.29, 1.82) is 0 Å². The molecule has 2 bridgehead atoms. The molecule has 1 aromatic rings. The highest BCUT2D eigenvalue weighted by Crippen LogP contribution is 2.90. The largest absolute Gasteiger partial charge is 0.315 e. The highest BCUT2D eigenvalue weighted by molar-refractivity contribution is 5.71. The van der Waals surface area contributed by atoms with Crippen LogP contribution in [0, 0.1) is 28.1 Å². The predicted molar refractivity (Wildman–Crippen MR) is 107 cm³/mol. The van der Waals surface area contributed by atoms with Gasteiger partial charge in [0.25, 0.3) is 0 Å². The van der Waals surface area contributed by atoms with Gasteiger partial charge in [-0.05, 0) is 74.9 Å². The van der Waals surface area contributed by atoms with Crippen LogP contribution >= 0.6 is 0 Å². The first-order valence-corrected chi connectivity index (χ1v) is 11.0. The summed E-state index contributed by atoms with van der Waals surface area (Å²) < 4.78 is 0. The van der Waals surface area contributed by atoms with E-state index in [1.807, 2.05) is 0 Å². The third kappa shape index (κ3) is 1.84. The van der Waals surface area contributed by atoms with Crippen molar-refractivity contribution in [3.8, 4) is 0 Å². The lowest BCUT2D eigenvalue weighted by atomic mass is 9.24. The average molecular weight is 365 g/mol. The van der Waals surface area contributed by atoms with Crippen LogP contribution in [0.5, 0.6) is 0 Å². The quantitative estimate of drug-likeness (QED) is 0.818. The minimum absolute atomic E-state index is 0.0781. The van der Waals surface area contributed by atoms with Gasteiger partial charge in [-0.3, -0.25) is 0 Å². The molecule has 2 spiro atoms. The van der Waals surface area contributed by atoms with E-state index >= 15 is 0 Å². The number of hydrogen-bond donors (Lipinski definition) is 1. The van der Waals surface area contributed by atoms with Gasteiger partial charge >= 0.3 is 0 Å². The fourth-order valence-electron chi connectivity index (χ4n) is 8.81. The van der Waals surface area contributed by atoms with E-state index in [1.165, 1.54) is 70.1 Å². The molecule has 2 saturated heterocycles. The van der Waals surface area contributed by atoms with Gasteiger partial charge in [-0.1, -0.05) is 30.3 Å². The third-order valence-electron chi connectivity index (χ3n) is 9.71. The monoisotopic (exact) mass is 364 g/mol. The van der Waals surface area contributed by atoms with E-state index in [2.05, 4.69) is 47.6 Å². The van der Waals surface area contributed by atoms with E-state index in [-0.39, 0.29) is 5.41 Å². The first-order valence-electron chi connectivity index (χ1n) is 11.0. The van der Waals surface area contributed by atoms with Gasteiger partial charge < -0.3 is 15.0 Å². The van der Waals surface area contributed by atoms with Crippen LogP contribution < -0.4 is 5.32 Å². The van der Waals surface area contributed by atoms with E-state index in [0.717, 1.165) is 18.3 Å². The lowest BCUT2D eigenvalue weighted by molar-refractivity contribution is -0.251. The Morgan fingerprint density at radius 3 is 2.52 bits per heavy atom. The average Bonchev–Trinajstić information content (AvgIpc) is 3.29. The van der Waals surface area contributed by atoms with Gasteiger partial charge in [0, 0.05) is 35.9 Å². The fraction of sp³-hybridized carbons (Fsp3) is 0.708. The van der Waals surface area contributed by atoms with Crippen molar-refractivity contribution in [2.24, 2.45) is 28.1 Å². The van der Waals surface area contributed by atoms with Crippen LogP contribution in [0.15, 0.2) is 30.3 Å². The summed E-state index contributed by atoms with van der Waals surface area (Å²) in [6, 6.07) is 11.0. The summed E-state index contributed by atoms with van der Waals surface area (Å²) in [6.07, 6.45) is 9.19. The number of benzene rings is 1. The van der Waals surface area contributed by atoms with Gasteiger partial charge in [0.2, 0.25) is 0 Å². The van der Waals surface area contributed by atoms with Gasteiger partial charge in [0.1, 0.15) is 6.29 Å². The Bertz CT molecular complexity index is 774. The number of nitrogens with zero attached hydrogens (tertiary/aromatic N) is 1. The molecule has 4 aliphatic carbocycles. The Labute approximate surface area is 162 Å². The van der Waals surface area contributed by atoms with Crippen LogP contribution in [0.2, 0.25) is 0 Å². The SMILES string of the molecule is CN1CCC2(CNC2)C1.O=CC12CC3CC4CC(c5ccccc5)(C1)C42C3. The van der Waals surface area contributed by atoms with E-state index in [0.29, 0.717) is 16.2 Å². The number of likely N-dealkylation sites (tertiary alicyclic amines) is 1. The molecule has 3 heteroatoms. The number of rotatable bonds is 2. The lowest BCUT2D eigenvalue weighted by Crippen LogP contribution is -2.76. The van der Waals surface area contributed by atoms with Gasteiger partial charge in [0.15, 0.2) is 0 Å². The zero-order chi connectivity index (χ0) is 18.3. The molecule has 0 aromatic heterocycles. The molecular weight excluding hydrogens is 332 g/mol. The van der Waals surface area contributed by atoms with Crippen molar-refractivity contribution in [3.63, 3.8) is 0 Å². The number of carbonyl (C=O) groups is 1. The number of fused-ring (bicyclic) bond motifs is 1. The molecule has 5 unspecified atom stereocenters. The van der Waals surface area contributed by atoms with E-state index in [1.54, 1.807) is 0 Å². The van der Waals surface area contributed by atoms with Gasteiger partial charge in [0.05, 0.1) is 0 Å². The van der Waals surface area contributed by atoms with Crippen molar-refractivity contribution < 1.29 is 4.79 Å². The van der Waals surface area contributed by atoms with Crippen LogP contribution in [0.25, 0.3) is 0 Å². The Morgan fingerprint density at radius 2 is 1.96 bits per heavy atom. The second-order valence-electron chi connectivity index (χ2n) is 10.9. The standard InChI is InChI=1S/C17H18O.C7H14N2/c18-11-15-7-12-6-14-9-16(10-15,17(14,15)8-12)13-4-2-1-3-5-13;1-9-3-2-7(6-9)4-8-5-7/h1-5,11-12,14H,6-10H2;8H,2-6H2,1H3. The molecule has 144 valence electrons. The number of aldehydes is 1. The summed E-state index contributed by atoms with van der Waals surface area (Å²) in [5.74, 6) is 1.71. The third-order valence-corrected chi connectivity index (χ3v) is 9.71. The van der Waals surface area contributed by atoms with Crippen molar-refractivity contribution in [1.82, 2.24) is 10.2 Å². The van der Waals surface area contributed by atoms with E-state index in [9.17, 15) is 4.79 Å². The van der Waals surface area contributed by atoms with Gasteiger partial charge in [-0.15, -0.1) is 0 Å². The Hall–Kier alpha value is -1.19. The van der Waals surface area contributed by atoms with E-state index < -0.39 is 0 Å². The maximum Gasteiger partial charge on any atom is 0.126 e. The summed E-state index contributed by atoms with van der Waals surface area (Å²) >= 11 is 0. The summed E-state index contributed by atoms with van der Waals surface area (Å²) in [4.78, 5) is 14.1. The number of carbonyl (C=O) groups excluding carboxylic acids is 1. The number of hydrogen-bond acceptors (Lipinski definition) is 3. The second kappa shape index (κ2) is 5.24. The topological polar surface area (TPSA) is 32.3 Å². The lowest BCUT2D eigenvalue weighted by Gasteiger charge is -2.78. The maximum absolute atomic E-state index is 11.7. The van der Waals surface area contributed by atoms with Gasteiger partial charge in [-0.25, -0.2) is 0 Å². The molecule has 0 amide bonds. The molecule has 6 fully saturated rings. The molecule has 1 aromatic carbocycles. The molecule has 27 heavy (non-hydrogen) atoms. The molecule has 2 aliphatic heterocycles. The van der Waals surface area contributed by atoms with E-state index in [4.69, 9.17) is 0 Å². The molecule has 0 radical (unpaired) electrons. The molecular formula is C24H32N2O. The molecule has 1 N–H and O–H groups in total. The van der Waals surface area contributed by atoms with Crippen LogP contribution in [0.1, 0.15) is 44.1 Å². The Balaban J connectivity index is 0.000000137. The van der Waals surface area contributed by atoms with Crippen LogP contribution in [-0.2, 0) is 10.2 Å².